The lowest BCUT2D eigenvalue weighted by molar-refractivity contribution is -0.239. The van der Waals surface area contributed by atoms with Crippen molar-refractivity contribution in [1.29, 1.82) is 0 Å². The molecule has 45 heavy (non-hydrogen) atoms. The third kappa shape index (κ3) is 4.00. The number of esters is 2. The third-order valence-electron chi connectivity index (χ3n) is 14.0. The van der Waals surface area contributed by atoms with E-state index in [0.717, 1.165) is 25.3 Å². The number of ketones is 2. The van der Waals surface area contributed by atoms with Gasteiger partial charge in [-0.15, -0.1) is 0 Å². The van der Waals surface area contributed by atoms with E-state index in [9.17, 15) is 24.3 Å². The van der Waals surface area contributed by atoms with Crippen LogP contribution in [0.5, 0.6) is 0 Å². The second kappa shape index (κ2) is 10.0. The summed E-state index contributed by atoms with van der Waals surface area (Å²) in [5.74, 6) is -2.71. The molecule has 7 nitrogen and oxygen atoms in total. The van der Waals surface area contributed by atoms with Gasteiger partial charge in [-0.2, -0.15) is 0 Å². The Hall–Kier alpha value is -2.42. The van der Waals surface area contributed by atoms with Gasteiger partial charge in [0.05, 0.1) is 6.10 Å². The number of aliphatic hydroxyl groups is 1. The fourth-order valence-corrected chi connectivity index (χ4v) is 12.3. The van der Waals surface area contributed by atoms with Gasteiger partial charge in [0.15, 0.2) is 23.8 Å². The molecule has 0 aromatic carbocycles. The van der Waals surface area contributed by atoms with Crippen molar-refractivity contribution in [2.75, 3.05) is 6.61 Å². The van der Waals surface area contributed by atoms with Crippen molar-refractivity contribution < 1.29 is 42.5 Å². The molecule has 0 spiro atoms. The minimum Gasteiger partial charge on any atom is -0.455 e. The molecule has 0 aromatic rings. The van der Waals surface area contributed by atoms with Crippen molar-refractivity contribution >= 4 is 23.5 Å². The second-order valence-corrected chi connectivity index (χ2v) is 16.3. The molecular weight excluding hydrogens is 582 g/mol. The lowest BCUT2D eigenvalue weighted by atomic mass is 9.44. The number of ether oxygens (including phenoxy) is 2. The summed E-state index contributed by atoms with van der Waals surface area (Å²) in [6.07, 6.45) is 6.14. The zero-order valence-electron chi connectivity index (χ0n) is 26.8. The quantitative estimate of drug-likeness (QED) is 0.383. The second-order valence-electron chi connectivity index (χ2n) is 16.3. The Morgan fingerprint density at radius 1 is 0.978 bits per heavy atom. The molecule has 8 aliphatic carbocycles. The first-order chi connectivity index (χ1) is 21.1. The van der Waals surface area contributed by atoms with Crippen LogP contribution < -0.4 is 0 Å². The maximum atomic E-state index is 17.7. The average molecular weight is 629 g/mol. The number of alkyl halides is 2. The predicted molar refractivity (Wildman–Crippen MR) is 159 cm³/mol. The normalized spacial score (nSPS) is 50.7. The Morgan fingerprint density at radius 2 is 1.60 bits per heavy atom. The summed E-state index contributed by atoms with van der Waals surface area (Å²) < 4.78 is 45.5. The molecule has 0 saturated heterocycles. The van der Waals surface area contributed by atoms with E-state index in [1.165, 1.54) is 38.3 Å². The molecule has 246 valence electrons. The van der Waals surface area contributed by atoms with Crippen LogP contribution >= 0.6 is 0 Å². The van der Waals surface area contributed by atoms with E-state index in [-0.39, 0.29) is 37.0 Å². The van der Waals surface area contributed by atoms with Crippen LogP contribution in [0.1, 0.15) is 91.9 Å². The predicted octanol–water partition coefficient (Wildman–Crippen LogP) is 5.57. The third-order valence-corrected chi connectivity index (χ3v) is 14.0. The standard InChI is InChI=1S/C36H46F2O7/c1-5-30(42)45-36(31(43)44-18-29(41)34-14-20-9-21(15-34)11-22(10-20)16-34)19(2)8-24-25-13-27(37)26-12-23(39)6-7-32(26,3)35(25,38)28(40)17-33(24,36)4/h6-7,12,19-22,24-25,27-28,40H,5,8-11,13-18H2,1-4H3/t19-,20?,21?,22?,24+,25+,27+,28+,32+,33+,34?,35+,36+/m1/s1. The topological polar surface area (TPSA) is 107 Å². The van der Waals surface area contributed by atoms with Crippen LogP contribution in [0.3, 0.4) is 0 Å². The molecule has 7 saturated carbocycles. The first kappa shape index (κ1) is 31.2. The number of rotatable bonds is 6. The SMILES string of the molecule is CCC(=O)O[C@]1(C(=O)OCC(=O)C23CC4CC(CC(C4)C2)C3)[C@H](C)C[C@H]2[C@@H]3C[C@H](F)C4=CC(=O)C=C[C@]4(C)[C@@]3(F)[C@@H](O)C[C@@]21C. The van der Waals surface area contributed by atoms with E-state index in [4.69, 9.17) is 9.47 Å². The van der Waals surface area contributed by atoms with Gasteiger partial charge >= 0.3 is 11.9 Å². The Labute approximate surface area is 263 Å². The minimum atomic E-state index is -2.33. The van der Waals surface area contributed by atoms with Crippen molar-refractivity contribution in [3.8, 4) is 0 Å². The monoisotopic (exact) mass is 628 g/mol. The first-order valence-corrected chi connectivity index (χ1v) is 17.0. The van der Waals surface area contributed by atoms with Gasteiger partial charge in [0.2, 0.25) is 5.60 Å². The summed E-state index contributed by atoms with van der Waals surface area (Å²) in [4.78, 5) is 53.4. The van der Waals surface area contributed by atoms with Crippen LogP contribution in [0, 0.1) is 51.8 Å². The van der Waals surface area contributed by atoms with Gasteiger partial charge in [-0.25, -0.2) is 13.6 Å². The smallest absolute Gasteiger partial charge is 0.351 e. The molecular formula is C36H46F2O7. The number of hydrogen-bond donors (Lipinski definition) is 1. The maximum Gasteiger partial charge on any atom is 0.351 e. The summed E-state index contributed by atoms with van der Waals surface area (Å²) in [5, 5.41) is 11.7. The summed E-state index contributed by atoms with van der Waals surface area (Å²) >= 11 is 0. The maximum absolute atomic E-state index is 17.7. The van der Waals surface area contributed by atoms with E-state index in [0.29, 0.717) is 17.8 Å². The largest absolute Gasteiger partial charge is 0.455 e. The van der Waals surface area contributed by atoms with E-state index >= 15 is 8.78 Å². The van der Waals surface area contributed by atoms with Crippen LogP contribution in [0.2, 0.25) is 0 Å². The molecule has 0 aliphatic heterocycles. The molecule has 0 amide bonds. The van der Waals surface area contributed by atoms with Gasteiger partial charge in [0.1, 0.15) is 6.17 Å². The lowest BCUT2D eigenvalue weighted by Gasteiger charge is -2.63. The van der Waals surface area contributed by atoms with Gasteiger partial charge in [0.25, 0.3) is 0 Å². The molecule has 0 radical (unpaired) electrons. The Morgan fingerprint density at radius 3 is 2.20 bits per heavy atom. The first-order valence-electron chi connectivity index (χ1n) is 17.0. The zero-order chi connectivity index (χ0) is 32.3. The Bertz CT molecular complexity index is 1370. The molecule has 0 heterocycles. The van der Waals surface area contributed by atoms with Gasteiger partial charge in [0, 0.05) is 34.5 Å². The number of allylic oxidation sites excluding steroid dienone is 4. The highest BCUT2D eigenvalue weighted by Gasteiger charge is 2.79. The number of halogens is 2. The van der Waals surface area contributed by atoms with Crippen molar-refractivity contribution in [2.45, 2.75) is 115 Å². The Balaban J connectivity index is 1.22. The van der Waals surface area contributed by atoms with E-state index in [2.05, 4.69) is 0 Å². The summed E-state index contributed by atoms with van der Waals surface area (Å²) in [6.45, 7) is 6.19. The highest BCUT2D eigenvalue weighted by molar-refractivity contribution is 6.01. The van der Waals surface area contributed by atoms with E-state index in [1.54, 1.807) is 20.8 Å². The molecule has 8 rings (SSSR count). The minimum absolute atomic E-state index is 0.0220. The summed E-state index contributed by atoms with van der Waals surface area (Å²) in [6, 6.07) is 0. The number of fused-ring (bicyclic) bond motifs is 5. The van der Waals surface area contributed by atoms with Crippen molar-refractivity contribution in [2.24, 2.45) is 51.8 Å². The molecule has 8 aliphatic rings. The summed E-state index contributed by atoms with van der Waals surface area (Å²) in [7, 11) is 0. The van der Waals surface area contributed by atoms with Gasteiger partial charge in [-0.05, 0) is 106 Å². The van der Waals surface area contributed by atoms with Crippen LogP contribution in [0.15, 0.2) is 23.8 Å². The molecule has 9 atom stereocenters. The van der Waals surface area contributed by atoms with Crippen molar-refractivity contribution in [3.63, 3.8) is 0 Å². The zero-order valence-corrected chi connectivity index (χ0v) is 26.8. The van der Waals surface area contributed by atoms with Crippen LogP contribution in [0.25, 0.3) is 0 Å². The van der Waals surface area contributed by atoms with E-state index in [1.807, 2.05) is 0 Å². The highest BCUT2D eigenvalue weighted by Crippen LogP contribution is 2.72. The number of hydrogen-bond acceptors (Lipinski definition) is 7. The van der Waals surface area contributed by atoms with Crippen LogP contribution in [-0.4, -0.2) is 58.8 Å². The molecule has 7 fully saturated rings. The van der Waals surface area contributed by atoms with Gasteiger partial charge in [-0.1, -0.05) is 26.8 Å². The average Bonchev–Trinajstić information content (AvgIpc) is 3.19. The van der Waals surface area contributed by atoms with Crippen LogP contribution in [0.4, 0.5) is 8.78 Å². The molecule has 0 aromatic heterocycles. The number of carbonyl (C=O) groups is 4. The van der Waals surface area contributed by atoms with Crippen molar-refractivity contribution in [3.05, 3.63) is 23.8 Å². The van der Waals surface area contributed by atoms with Gasteiger partial charge in [-0.3, -0.25) is 14.4 Å². The van der Waals surface area contributed by atoms with E-state index < -0.39 is 81.9 Å². The lowest BCUT2D eigenvalue weighted by Crippen LogP contribution is -2.71. The van der Waals surface area contributed by atoms with Gasteiger partial charge < -0.3 is 14.6 Å². The fourth-order valence-electron chi connectivity index (χ4n) is 12.3. The number of carbonyl (C=O) groups excluding carboxylic acids is 4. The number of Topliss-reactive ketones (excluding diaryl/α,β-unsaturated/α-hetero) is 1. The highest BCUT2D eigenvalue weighted by atomic mass is 19.1. The molecule has 9 heteroatoms. The number of aliphatic hydroxyl groups excluding tert-OH is 1. The summed E-state index contributed by atoms with van der Waals surface area (Å²) in [5.41, 5.74) is -7.54. The molecule has 4 bridgehead atoms. The van der Waals surface area contributed by atoms with Crippen molar-refractivity contribution in [1.82, 2.24) is 0 Å². The fraction of sp³-hybridized carbons (Fsp3) is 0.778. The Kier molecular flexibility index (Phi) is 6.96. The molecule has 1 N–H and O–H groups in total. The van der Waals surface area contributed by atoms with Crippen LogP contribution in [-0.2, 0) is 28.7 Å². The molecule has 0 unspecified atom stereocenters.